The Bertz CT molecular complexity index is 3410. The SMILES string of the molecule is C=CC1=C(C=C)C(C)(C)c2cc(N(c3cc(Cl)cc(N(c4ccc5c(c4)C(C)(C)C4=C5CCC=C4)c4ccc5c(c4)C(C)(C)C4C=CC=CC54)c3)c3ccc4c(c3)C(C)(C)c3ccccc3-4)ccc21. The molecule has 0 heterocycles. The zero-order chi connectivity index (χ0) is 47.9. The maximum absolute atomic E-state index is 7.53. The molecular weight excluding hydrogens is 856 g/mol. The molecule has 2 unspecified atom stereocenters. The zero-order valence-corrected chi connectivity index (χ0v) is 42.1. The molecule has 0 N–H and O–H groups in total. The van der Waals surface area contributed by atoms with Gasteiger partial charge in [-0.05, 0) is 169 Å². The van der Waals surface area contributed by atoms with E-state index in [2.05, 4.69) is 230 Å². The van der Waals surface area contributed by atoms with Gasteiger partial charge in [0.25, 0.3) is 0 Å². The molecule has 6 aromatic rings. The molecule has 0 saturated heterocycles. The Morgan fingerprint density at radius 2 is 1.10 bits per heavy atom. The van der Waals surface area contributed by atoms with E-state index in [9.17, 15) is 0 Å². The van der Waals surface area contributed by atoms with E-state index in [-0.39, 0.29) is 21.7 Å². The van der Waals surface area contributed by atoms with E-state index < -0.39 is 0 Å². The van der Waals surface area contributed by atoms with Crippen molar-refractivity contribution in [1.82, 2.24) is 0 Å². The van der Waals surface area contributed by atoms with E-state index >= 15 is 0 Å². The monoisotopic (exact) mass is 916 g/mol. The summed E-state index contributed by atoms with van der Waals surface area (Å²) in [7, 11) is 0. The minimum absolute atomic E-state index is 0.0530. The van der Waals surface area contributed by atoms with Crippen molar-refractivity contribution in [2.24, 2.45) is 5.92 Å². The number of fused-ring (bicyclic) bond motifs is 9. The third kappa shape index (κ3) is 6.23. The van der Waals surface area contributed by atoms with Crippen molar-refractivity contribution in [3.05, 3.63) is 238 Å². The van der Waals surface area contributed by atoms with Crippen LogP contribution in [0.15, 0.2) is 188 Å². The number of hydrogen-bond donors (Lipinski definition) is 0. The second-order valence-electron chi connectivity index (χ2n) is 22.3. The van der Waals surface area contributed by atoms with Crippen LogP contribution >= 0.6 is 11.6 Å². The quantitative estimate of drug-likeness (QED) is 0.150. The number of nitrogens with zero attached hydrogens (tertiary/aromatic N) is 2. The van der Waals surface area contributed by atoms with E-state index in [4.69, 9.17) is 11.6 Å². The van der Waals surface area contributed by atoms with Gasteiger partial charge in [-0.3, -0.25) is 0 Å². The molecule has 6 aromatic carbocycles. The van der Waals surface area contributed by atoms with Crippen LogP contribution in [-0.4, -0.2) is 0 Å². The van der Waals surface area contributed by atoms with Crippen molar-refractivity contribution >= 4 is 56.9 Å². The van der Waals surface area contributed by atoms with Crippen LogP contribution in [0.3, 0.4) is 0 Å². The predicted octanol–water partition coefficient (Wildman–Crippen LogP) is 18.5. The van der Waals surface area contributed by atoms with Crippen LogP contribution in [0.25, 0.3) is 22.3 Å². The maximum Gasteiger partial charge on any atom is 0.0497 e. The minimum Gasteiger partial charge on any atom is -0.310 e. The van der Waals surface area contributed by atoms with E-state index in [0.29, 0.717) is 16.9 Å². The van der Waals surface area contributed by atoms with Gasteiger partial charge in [0.15, 0.2) is 0 Å². The van der Waals surface area contributed by atoms with Gasteiger partial charge in [0.2, 0.25) is 0 Å². The molecule has 12 rings (SSSR count). The maximum atomic E-state index is 7.53. The molecule has 0 amide bonds. The lowest BCUT2D eigenvalue weighted by Gasteiger charge is -2.33. The molecule has 0 saturated carbocycles. The van der Waals surface area contributed by atoms with Gasteiger partial charge in [-0.2, -0.15) is 0 Å². The van der Waals surface area contributed by atoms with Gasteiger partial charge in [0.05, 0.1) is 0 Å². The molecule has 3 heteroatoms. The second kappa shape index (κ2) is 15.2. The average Bonchev–Trinajstić information content (AvgIpc) is 3.91. The van der Waals surface area contributed by atoms with E-state index in [1.54, 1.807) is 0 Å². The molecule has 0 spiro atoms. The number of hydrogen-bond acceptors (Lipinski definition) is 2. The molecule has 2 nitrogen and oxygen atoms in total. The van der Waals surface area contributed by atoms with Crippen molar-refractivity contribution in [3.63, 3.8) is 0 Å². The van der Waals surface area contributed by atoms with Gasteiger partial charge in [0, 0.05) is 61.3 Å². The van der Waals surface area contributed by atoms with Crippen molar-refractivity contribution in [2.45, 2.75) is 95.8 Å². The first-order valence-electron chi connectivity index (χ1n) is 24.9. The molecule has 0 aliphatic heterocycles. The average molecular weight is 918 g/mol. The first-order chi connectivity index (χ1) is 33.0. The van der Waals surface area contributed by atoms with E-state index in [0.717, 1.165) is 52.5 Å². The molecule has 69 heavy (non-hydrogen) atoms. The predicted molar refractivity (Wildman–Crippen MR) is 295 cm³/mol. The molecule has 0 aromatic heterocycles. The van der Waals surface area contributed by atoms with Gasteiger partial charge in [0.1, 0.15) is 0 Å². The van der Waals surface area contributed by atoms with Gasteiger partial charge < -0.3 is 9.80 Å². The van der Waals surface area contributed by atoms with Gasteiger partial charge in [-0.15, -0.1) is 0 Å². The minimum atomic E-state index is -0.268. The summed E-state index contributed by atoms with van der Waals surface area (Å²) >= 11 is 7.53. The molecule has 2 atom stereocenters. The van der Waals surface area contributed by atoms with Crippen LogP contribution in [0.4, 0.5) is 34.1 Å². The summed E-state index contributed by atoms with van der Waals surface area (Å²) in [6, 6.07) is 43.9. The molecule has 6 aliphatic carbocycles. The van der Waals surface area contributed by atoms with Crippen LogP contribution in [0.5, 0.6) is 0 Å². The van der Waals surface area contributed by atoms with Crippen LogP contribution in [0.2, 0.25) is 5.02 Å². The third-order valence-electron chi connectivity index (χ3n) is 17.2. The molecule has 0 radical (unpaired) electrons. The van der Waals surface area contributed by atoms with Crippen molar-refractivity contribution in [2.75, 3.05) is 9.80 Å². The third-order valence-corrected chi connectivity index (χ3v) is 17.4. The number of halogens is 1. The lowest BCUT2D eigenvalue weighted by molar-refractivity contribution is 0.394. The van der Waals surface area contributed by atoms with E-state index in [1.165, 1.54) is 72.4 Å². The fourth-order valence-corrected chi connectivity index (χ4v) is 13.8. The Hall–Kier alpha value is -6.61. The van der Waals surface area contributed by atoms with Gasteiger partial charge in [-0.25, -0.2) is 0 Å². The topological polar surface area (TPSA) is 6.48 Å². The Morgan fingerprint density at radius 1 is 0.536 bits per heavy atom. The van der Waals surface area contributed by atoms with Crippen LogP contribution < -0.4 is 9.80 Å². The first-order valence-corrected chi connectivity index (χ1v) is 25.3. The number of anilines is 6. The summed E-state index contributed by atoms with van der Waals surface area (Å²) in [4.78, 5) is 4.89. The Morgan fingerprint density at radius 3 is 1.77 bits per heavy atom. The number of allylic oxidation sites excluding steroid dienone is 12. The lowest BCUT2D eigenvalue weighted by atomic mass is 9.74. The highest BCUT2D eigenvalue weighted by Gasteiger charge is 2.45. The van der Waals surface area contributed by atoms with Crippen LogP contribution in [0.1, 0.15) is 119 Å². The Kier molecular flexibility index (Phi) is 9.61. The summed E-state index contributed by atoms with van der Waals surface area (Å²) in [6.45, 7) is 27.5. The molecule has 0 fully saturated rings. The highest BCUT2D eigenvalue weighted by Crippen LogP contribution is 2.57. The fourth-order valence-electron chi connectivity index (χ4n) is 13.6. The molecule has 0 bridgehead atoms. The summed E-state index contributed by atoms with van der Waals surface area (Å²) in [5.74, 6) is 0.768. The van der Waals surface area contributed by atoms with Crippen LogP contribution in [0, 0.1) is 5.92 Å². The van der Waals surface area contributed by atoms with Crippen molar-refractivity contribution < 1.29 is 0 Å². The number of benzene rings is 6. The van der Waals surface area contributed by atoms with Gasteiger partial charge >= 0.3 is 0 Å². The fraction of sp³-hybridized carbons (Fsp3) is 0.242. The highest BCUT2D eigenvalue weighted by molar-refractivity contribution is 6.31. The van der Waals surface area contributed by atoms with Crippen molar-refractivity contribution in [1.29, 1.82) is 0 Å². The largest absolute Gasteiger partial charge is 0.310 e. The van der Waals surface area contributed by atoms with Gasteiger partial charge in [-0.1, -0.05) is 177 Å². The number of rotatable bonds is 8. The molecule has 342 valence electrons. The smallest absolute Gasteiger partial charge is 0.0497 e. The van der Waals surface area contributed by atoms with E-state index in [1.807, 2.05) is 12.2 Å². The molecular formula is C66H61ClN2. The lowest BCUT2D eigenvalue weighted by Crippen LogP contribution is -2.24. The Balaban J connectivity index is 1.07. The van der Waals surface area contributed by atoms with Crippen molar-refractivity contribution in [3.8, 4) is 11.1 Å². The summed E-state index contributed by atoms with van der Waals surface area (Å²) in [5, 5.41) is 0.670. The van der Waals surface area contributed by atoms with Crippen LogP contribution in [-0.2, 0) is 21.7 Å². The first kappa shape index (κ1) is 43.7. The summed E-state index contributed by atoms with van der Waals surface area (Å²) in [6.07, 6.45) is 20.1. The zero-order valence-electron chi connectivity index (χ0n) is 41.3. The Labute approximate surface area is 415 Å². The normalized spacial score (nSPS) is 20.7. The summed E-state index contributed by atoms with van der Waals surface area (Å²) < 4.78 is 0. The highest BCUT2D eigenvalue weighted by atomic mass is 35.5. The molecule has 6 aliphatic rings. The summed E-state index contributed by atoms with van der Waals surface area (Å²) in [5.41, 5.74) is 24.4. The standard InChI is InChI=1S/C66H61ClN2/c1-11-47-51-29-25-41(36-59(51)63(3,4)55(47)12-2)68(42-26-30-52-48-19-13-16-22-56(48)64(5,6)60(52)37-42)45-33-40(67)34-46(35-45)69(43-27-31-53-49-20-14-17-23-57(49)65(7,8)61(53)38-43)44-28-32-54-50-21-15-18-24-58(50)66(9,10)62(54)39-44/h11-14,16-20,22-39,49,57H,1-2,15,21H2,3-10H3. The second-order valence-corrected chi connectivity index (χ2v) is 22.8.